The lowest BCUT2D eigenvalue weighted by atomic mass is 9.96. The van der Waals surface area contributed by atoms with Gasteiger partial charge >= 0.3 is 0 Å². The number of carbonyl (C=O) groups is 2. The van der Waals surface area contributed by atoms with Gasteiger partial charge in [0, 0.05) is 45.8 Å². The molecule has 1 saturated carbocycles. The number of imide groups is 1. The highest BCUT2D eigenvalue weighted by Crippen LogP contribution is 2.42. The number of rotatable bonds is 8. The fourth-order valence-electron chi connectivity index (χ4n) is 4.73. The highest BCUT2D eigenvalue weighted by atomic mass is 32.1. The molecule has 0 radical (unpaired) electrons. The highest BCUT2D eigenvalue weighted by molar-refractivity contribution is 7.28. The van der Waals surface area contributed by atoms with E-state index in [-0.39, 0.29) is 11.8 Å². The van der Waals surface area contributed by atoms with Gasteiger partial charge in [-0.25, -0.2) is 9.97 Å². The molecule has 4 aromatic rings. The lowest BCUT2D eigenvalue weighted by molar-refractivity contribution is 0.0633. The van der Waals surface area contributed by atoms with Crippen molar-refractivity contribution in [2.24, 2.45) is 10.9 Å². The maximum absolute atomic E-state index is 12.9. The Balaban J connectivity index is 1.16. The van der Waals surface area contributed by atoms with E-state index >= 15 is 0 Å². The van der Waals surface area contributed by atoms with Gasteiger partial charge in [-0.1, -0.05) is 39.5 Å². The molecule has 4 aromatic heterocycles. The summed E-state index contributed by atoms with van der Waals surface area (Å²) in [5, 5.41) is 1.72. The molecule has 0 N–H and O–H groups in total. The normalized spacial score (nSPS) is 17.2. The van der Waals surface area contributed by atoms with Crippen LogP contribution in [0.4, 0.5) is 0 Å². The van der Waals surface area contributed by atoms with Crippen molar-refractivity contribution < 1.29 is 9.59 Å². The minimum Gasteiger partial charge on any atom is -0.288 e. The number of aromatic nitrogens is 2. The summed E-state index contributed by atoms with van der Waals surface area (Å²) in [6.45, 7) is 4.60. The van der Waals surface area contributed by atoms with Crippen molar-refractivity contribution in [3.8, 4) is 29.5 Å². The molecule has 0 saturated heterocycles. The van der Waals surface area contributed by atoms with Crippen molar-refractivity contribution in [1.82, 2.24) is 14.9 Å². The summed E-state index contributed by atoms with van der Waals surface area (Å²) in [5.41, 5.74) is 0.519. The smallest absolute Gasteiger partial charge is 0.271 e. The fraction of sp³-hybridized carbons (Fsp3) is 0.393. The molecule has 2 aliphatic rings. The van der Waals surface area contributed by atoms with Crippen molar-refractivity contribution in [2.75, 3.05) is 6.54 Å². The maximum Gasteiger partial charge on any atom is 0.271 e. The number of thiazole rings is 2. The van der Waals surface area contributed by atoms with Gasteiger partial charge < -0.3 is 0 Å². The zero-order chi connectivity index (χ0) is 26.2. The summed E-state index contributed by atoms with van der Waals surface area (Å²) in [5.74, 6) is -0.0600. The van der Waals surface area contributed by atoms with Gasteiger partial charge in [-0.3, -0.25) is 19.5 Å². The molecule has 0 aromatic carbocycles. The van der Waals surface area contributed by atoms with Crippen LogP contribution in [0.3, 0.4) is 0 Å². The molecular formula is C28H28N4O2S4. The monoisotopic (exact) mass is 580 g/mol. The second kappa shape index (κ2) is 10.9. The minimum absolute atomic E-state index is 0.171. The van der Waals surface area contributed by atoms with Crippen LogP contribution in [0.25, 0.3) is 29.5 Å². The van der Waals surface area contributed by atoms with E-state index in [1.165, 1.54) is 58.1 Å². The van der Waals surface area contributed by atoms with Crippen LogP contribution >= 0.6 is 45.3 Å². The van der Waals surface area contributed by atoms with Crippen molar-refractivity contribution in [2.45, 2.75) is 58.4 Å². The Hall–Kier alpha value is -2.53. The molecule has 1 atom stereocenters. The molecule has 1 unspecified atom stereocenters. The quantitative estimate of drug-likeness (QED) is 0.156. The van der Waals surface area contributed by atoms with Crippen LogP contribution < -0.4 is 0 Å². The van der Waals surface area contributed by atoms with Crippen LogP contribution in [-0.4, -0.2) is 45.5 Å². The Morgan fingerprint density at radius 1 is 0.947 bits per heavy atom. The maximum atomic E-state index is 12.9. The van der Waals surface area contributed by atoms with E-state index in [0.717, 1.165) is 31.1 Å². The van der Waals surface area contributed by atoms with Gasteiger partial charge in [0.05, 0.1) is 15.3 Å². The van der Waals surface area contributed by atoms with E-state index in [4.69, 9.17) is 4.99 Å². The van der Waals surface area contributed by atoms with Gasteiger partial charge in [0.2, 0.25) is 0 Å². The Labute approximate surface area is 238 Å². The first kappa shape index (κ1) is 25.7. The van der Waals surface area contributed by atoms with Crippen LogP contribution in [0.15, 0.2) is 35.6 Å². The van der Waals surface area contributed by atoms with E-state index in [1.54, 1.807) is 34.0 Å². The third-order valence-electron chi connectivity index (χ3n) is 7.13. The Bertz CT molecular complexity index is 1470. The van der Waals surface area contributed by atoms with Crippen LogP contribution in [0.5, 0.6) is 0 Å². The van der Waals surface area contributed by atoms with Crippen LogP contribution in [0.1, 0.15) is 77.3 Å². The number of carbonyl (C=O) groups excluding carboxylic acids is 2. The third kappa shape index (κ3) is 5.06. The van der Waals surface area contributed by atoms with Crippen LogP contribution in [0.2, 0.25) is 0 Å². The van der Waals surface area contributed by atoms with Gasteiger partial charge in [-0.15, -0.1) is 45.3 Å². The van der Waals surface area contributed by atoms with Crippen LogP contribution in [0, 0.1) is 5.92 Å². The molecule has 0 bridgehead atoms. The topological polar surface area (TPSA) is 75.5 Å². The van der Waals surface area contributed by atoms with Crippen LogP contribution in [-0.2, 0) is 0 Å². The van der Waals surface area contributed by atoms with E-state index in [1.807, 2.05) is 24.7 Å². The molecule has 10 heteroatoms. The first-order valence-electron chi connectivity index (χ1n) is 13.1. The summed E-state index contributed by atoms with van der Waals surface area (Å²) in [6, 6.07) is 6.61. The average Bonchev–Trinajstić information content (AvgIpc) is 3.75. The summed E-state index contributed by atoms with van der Waals surface area (Å²) >= 11 is 6.30. The minimum atomic E-state index is -0.179. The molecular weight excluding hydrogens is 553 g/mol. The summed E-state index contributed by atoms with van der Waals surface area (Å²) in [4.78, 5) is 47.1. The first-order chi connectivity index (χ1) is 18.5. The van der Waals surface area contributed by atoms with Gasteiger partial charge in [-0.2, -0.15) is 0 Å². The van der Waals surface area contributed by atoms with E-state index in [0.29, 0.717) is 28.9 Å². The molecule has 0 spiro atoms. The van der Waals surface area contributed by atoms with Crippen molar-refractivity contribution in [3.63, 3.8) is 0 Å². The van der Waals surface area contributed by atoms with E-state index in [2.05, 4.69) is 35.9 Å². The number of hydrogen-bond acceptors (Lipinski definition) is 9. The molecule has 2 amide bonds. The lowest BCUT2D eigenvalue weighted by Crippen LogP contribution is -2.33. The zero-order valence-electron chi connectivity index (χ0n) is 21.3. The number of amides is 2. The molecule has 1 aliphatic heterocycles. The van der Waals surface area contributed by atoms with Crippen molar-refractivity contribution in [1.29, 1.82) is 0 Å². The first-order valence-corrected chi connectivity index (χ1v) is 16.3. The molecule has 6 nitrogen and oxygen atoms in total. The van der Waals surface area contributed by atoms with Gasteiger partial charge in [0.1, 0.15) is 4.88 Å². The Morgan fingerprint density at radius 2 is 1.66 bits per heavy atom. The zero-order valence-corrected chi connectivity index (χ0v) is 24.6. The Morgan fingerprint density at radius 3 is 2.34 bits per heavy atom. The number of aliphatic imine (C=N–C) groups is 1. The standard InChI is InChI=1S/C28H28N4O2S4/c1-3-16(2)15-32-27(33)19-11-21(36-24(19)28(32)34)23-14-31-26(38-23)25-30-13-22(37-25)20-10-9-18(35-20)12-29-17-7-5-4-6-8-17/h9-14,16-17H,3-8,15H2,1-2H3. The summed E-state index contributed by atoms with van der Waals surface area (Å²) < 4.78 is 0. The largest absolute Gasteiger partial charge is 0.288 e. The third-order valence-corrected chi connectivity index (χ3v) is 11.8. The number of nitrogens with zero attached hydrogens (tertiary/aromatic N) is 4. The van der Waals surface area contributed by atoms with Gasteiger partial charge in [-0.05, 0) is 37.0 Å². The highest BCUT2D eigenvalue weighted by Gasteiger charge is 2.38. The van der Waals surface area contributed by atoms with E-state index < -0.39 is 0 Å². The second-order valence-electron chi connectivity index (χ2n) is 9.92. The Kier molecular flexibility index (Phi) is 7.39. The fourth-order valence-corrected chi connectivity index (χ4v) is 8.73. The number of thiophene rings is 2. The van der Waals surface area contributed by atoms with E-state index in [9.17, 15) is 9.59 Å². The predicted molar refractivity (Wildman–Crippen MR) is 159 cm³/mol. The molecule has 38 heavy (non-hydrogen) atoms. The molecule has 5 heterocycles. The SMILES string of the molecule is CCC(C)CN1C(=O)c2cc(-c3cnc(-c4ncc(-c5ccc(C=NC6CCCCC6)s5)s4)s3)sc2C1=O. The molecule has 1 fully saturated rings. The number of hydrogen-bond donors (Lipinski definition) is 0. The van der Waals surface area contributed by atoms with Gasteiger partial charge in [0.25, 0.3) is 11.8 Å². The predicted octanol–water partition coefficient (Wildman–Crippen LogP) is 8.12. The number of fused-ring (bicyclic) bond motifs is 1. The average molecular weight is 581 g/mol. The summed E-state index contributed by atoms with van der Waals surface area (Å²) in [7, 11) is 0. The second-order valence-corrected chi connectivity index (χ2v) is 14.1. The van der Waals surface area contributed by atoms with Crippen molar-refractivity contribution in [3.05, 3.63) is 45.9 Å². The molecule has 6 rings (SSSR count). The lowest BCUT2D eigenvalue weighted by Gasteiger charge is -2.18. The summed E-state index contributed by atoms with van der Waals surface area (Å²) in [6.07, 6.45) is 13.0. The molecule has 1 aliphatic carbocycles. The van der Waals surface area contributed by atoms with Gasteiger partial charge in [0.15, 0.2) is 10.0 Å². The van der Waals surface area contributed by atoms with Crippen molar-refractivity contribution >= 4 is 63.4 Å². The molecule has 196 valence electrons.